The lowest BCUT2D eigenvalue weighted by Gasteiger charge is -2.37. The molecule has 0 aromatic heterocycles. The third-order valence-corrected chi connectivity index (χ3v) is 5.40. The molecule has 0 unspecified atom stereocenters. The molecule has 1 aromatic rings. The molecular weight excluding hydrogens is 360 g/mol. The predicted molar refractivity (Wildman–Crippen MR) is 113 cm³/mol. The van der Waals surface area contributed by atoms with E-state index in [9.17, 15) is 4.79 Å². The average Bonchev–Trinajstić information content (AvgIpc) is 2.76. The second-order valence-electron chi connectivity index (χ2n) is 6.83. The van der Waals surface area contributed by atoms with Gasteiger partial charge in [0.25, 0.3) is 0 Å². The first-order valence-corrected chi connectivity index (χ1v) is 9.54. The Hall–Kier alpha value is -1.46. The first-order valence-electron chi connectivity index (χ1n) is 14.2. The quantitative estimate of drug-likeness (QED) is 0.790. The van der Waals surface area contributed by atoms with Crippen LogP contribution in [0.3, 0.4) is 0 Å². The van der Waals surface area contributed by atoms with Crippen LogP contribution in [0.4, 0.5) is 10.5 Å². The smallest absolute Gasteiger partial charge is 0.314 e. The largest absolute Gasteiger partial charge is 0.368 e. The van der Waals surface area contributed by atoms with Crippen molar-refractivity contribution in [2.24, 2.45) is 5.92 Å². The Morgan fingerprint density at radius 3 is 2.63 bits per heavy atom. The van der Waals surface area contributed by atoms with Crippen LogP contribution in [-0.2, 0) is 0 Å². The zero-order chi connectivity index (χ0) is 28.2. The number of piperazine rings is 1. The molecule has 0 bridgehead atoms. The number of nitrogens with one attached hydrogen (secondary N) is 2. The van der Waals surface area contributed by atoms with Crippen LogP contribution in [0.5, 0.6) is 0 Å². The first kappa shape index (κ1) is 10.9. The fourth-order valence-corrected chi connectivity index (χ4v) is 3.46. The normalized spacial score (nSPS) is 37.4. The lowest BCUT2D eigenvalue weighted by atomic mass is 9.84. The summed E-state index contributed by atoms with van der Waals surface area (Å²) in [5, 5.41) is 5.22. The number of nitrogens with zero attached hydrogens (tertiary/aromatic N) is 2. The molecule has 2 aliphatic rings. The van der Waals surface area contributed by atoms with Crippen molar-refractivity contribution in [1.29, 1.82) is 0 Å². The van der Waals surface area contributed by atoms with E-state index in [-0.39, 0.29) is 40.0 Å². The van der Waals surface area contributed by atoms with Crippen LogP contribution in [0.15, 0.2) is 18.2 Å². The minimum Gasteiger partial charge on any atom is -0.368 e. The van der Waals surface area contributed by atoms with E-state index in [1.165, 1.54) is 19.2 Å². The van der Waals surface area contributed by atoms with Crippen LogP contribution in [0, 0.1) is 12.8 Å². The van der Waals surface area contributed by atoms with Gasteiger partial charge < -0.3 is 15.5 Å². The minimum atomic E-state index is -3.31. The van der Waals surface area contributed by atoms with E-state index >= 15 is 0 Å². The summed E-state index contributed by atoms with van der Waals surface area (Å²) in [6.45, 7) is -14.2. The molecule has 0 atom stereocenters. The highest BCUT2D eigenvalue weighted by atomic mass is 35.5. The molecular formula is C21H33ClN4O. The van der Waals surface area contributed by atoms with Gasteiger partial charge in [-0.2, -0.15) is 0 Å². The standard InChI is InChI=1S/C21H33ClN4O/c1-16-4-3-5-19(20(16)22)26-14-12-25(13-15-26)11-10-17-6-8-18(9-7-17)24-21(27)23-2/h3-5,17-18H,6-15H2,1-2H3,(H2,23,24,27)/i11D2,12D2,13D2,14D2,15D2. The number of rotatable bonds is 5. The Morgan fingerprint density at radius 2 is 1.96 bits per heavy atom. The highest BCUT2D eigenvalue weighted by molar-refractivity contribution is 6.34. The summed E-state index contributed by atoms with van der Waals surface area (Å²) in [6, 6.07) is 3.94. The molecule has 27 heavy (non-hydrogen) atoms. The number of carbonyl (C=O) groups is 1. The van der Waals surface area contributed by atoms with E-state index in [4.69, 9.17) is 25.3 Å². The van der Waals surface area contributed by atoms with Gasteiger partial charge in [0, 0.05) is 47.3 Å². The van der Waals surface area contributed by atoms with Gasteiger partial charge in [0.2, 0.25) is 0 Å². The number of carbonyl (C=O) groups excluding carboxylic acids is 1. The molecule has 6 heteroatoms. The lowest BCUT2D eigenvalue weighted by molar-refractivity contribution is 0.206. The first-order chi connectivity index (χ1) is 16.8. The molecule has 150 valence electrons. The van der Waals surface area contributed by atoms with Gasteiger partial charge in [-0.25, -0.2) is 4.79 Å². The van der Waals surface area contributed by atoms with Crippen LogP contribution in [0.25, 0.3) is 0 Å². The third kappa shape index (κ3) is 5.52. The van der Waals surface area contributed by atoms with E-state index in [1.54, 1.807) is 13.0 Å². The van der Waals surface area contributed by atoms with Crippen molar-refractivity contribution >= 4 is 23.3 Å². The molecule has 1 aliphatic heterocycles. The Kier molecular flexibility index (Phi) is 3.90. The molecule has 2 amide bonds. The van der Waals surface area contributed by atoms with Gasteiger partial charge in [0.1, 0.15) is 0 Å². The third-order valence-electron chi connectivity index (χ3n) is 4.91. The van der Waals surface area contributed by atoms with Gasteiger partial charge in [-0.15, -0.1) is 0 Å². The van der Waals surface area contributed by atoms with Crippen molar-refractivity contribution in [3.05, 3.63) is 28.8 Å². The van der Waals surface area contributed by atoms with Crippen LogP contribution < -0.4 is 15.5 Å². The summed E-state index contributed by atoms with van der Waals surface area (Å²) in [6.07, 6.45) is 1.73. The molecule has 2 N–H and O–H groups in total. The Morgan fingerprint density at radius 1 is 1.26 bits per heavy atom. The van der Waals surface area contributed by atoms with Crippen molar-refractivity contribution in [2.45, 2.75) is 45.1 Å². The second kappa shape index (κ2) is 9.65. The lowest BCUT2D eigenvalue weighted by Crippen LogP contribution is -2.47. The van der Waals surface area contributed by atoms with Gasteiger partial charge in [0.05, 0.1) is 16.2 Å². The molecule has 5 nitrogen and oxygen atoms in total. The van der Waals surface area contributed by atoms with Gasteiger partial charge in [-0.3, -0.25) is 4.90 Å². The van der Waals surface area contributed by atoms with Crippen LogP contribution in [0.1, 0.15) is 51.4 Å². The van der Waals surface area contributed by atoms with Crippen LogP contribution >= 0.6 is 11.6 Å². The molecule has 0 radical (unpaired) electrons. The maximum atomic E-state index is 11.6. The molecule has 1 heterocycles. The number of hydrogen-bond donors (Lipinski definition) is 2. The maximum Gasteiger partial charge on any atom is 0.314 e. The second-order valence-corrected chi connectivity index (χ2v) is 7.21. The maximum absolute atomic E-state index is 11.6. The number of hydrogen-bond acceptors (Lipinski definition) is 3. The predicted octanol–water partition coefficient (Wildman–Crippen LogP) is 3.65. The van der Waals surface area contributed by atoms with E-state index in [1.807, 2.05) is 0 Å². The number of benzene rings is 1. The van der Waals surface area contributed by atoms with Crippen molar-refractivity contribution in [3.8, 4) is 0 Å². The number of urea groups is 1. The molecule has 2 fully saturated rings. The van der Waals surface area contributed by atoms with Crippen molar-refractivity contribution in [3.63, 3.8) is 0 Å². The minimum absolute atomic E-state index is 0.0552. The Bertz CT molecular complexity index is 989. The van der Waals surface area contributed by atoms with Crippen molar-refractivity contribution in [2.75, 3.05) is 44.4 Å². The van der Waals surface area contributed by atoms with Gasteiger partial charge in [-0.05, 0) is 63.1 Å². The summed E-state index contributed by atoms with van der Waals surface area (Å²) < 4.78 is 86.7. The average molecular weight is 403 g/mol. The fourth-order valence-electron chi connectivity index (χ4n) is 3.25. The molecule has 1 aliphatic carbocycles. The molecule has 0 spiro atoms. The van der Waals surface area contributed by atoms with Crippen molar-refractivity contribution in [1.82, 2.24) is 15.5 Å². The Labute approximate surface area is 182 Å². The molecule has 1 aromatic carbocycles. The number of amides is 2. The van der Waals surface area contributed by atoms with Gasteiger partial charge >= 0.3 is 6.03 Å². The van der Waals surface area contributed by atoms with Crippen LogP contribution in [0.2, 0.25) is 5.02 Å². The van der Waals surface area contributed by atoms with E-state index < -0.39 is 32.5 Å². The molecule has 1 saturated carbocycles. The molecule has 3 rings (SSSR count). The van der Waals surface area contributed by atoms with E-state index in [0.717, 1.165) is 0 Å². The number of aryl methyl sites for hydroxylation is 1. The van der Waals surface area contributed by atoms with Crippen molar-refractivity contribution < 1.29 is 18.5 Å². The topological polar surface area (TPSA) is 47.6 Å². The van der Waals surface area contributed by atoms with E-state index in [0.29, 0.717) is 36.1 Å². The summed E-state index contributed by atoms with van der Waals surface area (Å²) in [4.78, 5) is 12.0. The SMILES string of the molecule is [2H]C([2H])(CC1CCC(NC(=O)NC)CC1)N1C([2H])([2H])C([2H])([2H])N(c2cccc(C)c2Cl)C([2H])([2H])C1([2H])[2H]. The number of anilines is 1. The summed E-state index contributed by atoms with van der Waals surface area (Å²) >= 11 is 6.34. The fraction of sp³-hybridized carbons (Fsp3) is 0.667. The van der Waals surface area contributed by atoms with Crippen LogP contribution in [-0.4, -0.2) is 56.5 Å². The highest BCUT2D eigenvalue weighted by Gasteiger charge is 2.24. The summed E-state index contributed by atoms with van der Waals surface area (Å²) in [7, 11) is 1.50. The van der Waals surface area contributed by atoms with Gasteiger partial charge in [0.15, 0.2) is 0 Å². The molecule has 1 saturated heterocycles. The summed E-state index contributed by atoms with van der Waals surface area (Å²) in [5.41, 5.74) is 0.234. The monoisotopic (exact) mass is 402 g/mol. The Balaban J connectivity index is 1.96. The number of halogens is 1. The van der Waals surface area contributed by atoms with E-state index in [2.05, 4.69) is 10.6 Å². The van der Waals surface area contributed by atoms with Gasteiger partial charge in [-0.1, -0.05) is 23.7 Å². The zero-order valence-corrected chi connectivity index (χ0v) is 16.4. The highest BCUT2D eigenvalue weighted by Crippen LogP contribution is 2.30. The summed E-state index contributed by atoms with van der Waals surface area (Å²) in [5.74, 6) is -0.301. The zero-order valence-electron chi connectivity index (χ0n) is 25.6.